The molecule has 0 aliphatic heterocycles. The van der Waals surface area contributed by atoms with Crippen LogP contribution in [-0.2, 0) is 0 Å². The van der Waals surface area contributed by atoms with Gasteiger partial charge in [0.2, 0.25) is 0 Å². The fraction of sp³-hybridized carbons (Fsp3) is 0.407. The van der Waals surface area contributed by atoms with Gasteiger partial charge in [-0.3, -0.25) is 4.90 Å². The highest BCUT2D eigenvalue weighted by Gasteiger charge is 2.20. The van der Waals surface area contributed by atoms with Crippen LogP contribution in [-0.4, -0.2) is 31.8 Å². The molecule has 0 unspecified atom stereocenters. The summed E-state index contributed by atoms with van der Waals surface area (Å²) >= 11 is 1.49. The number of anilines is 2. The largest absolute Gasteiger partial charge is 0.493 e. The highest BCUT2D eigenvalue weighted by Crippen LogP contribution is 2.35. The zero-order valence-corrected chi connectivity index (χ0v) is 21.0. The lowest BCUT2D eigenvalue weighted by Crippen LogP contribution is -2.35. The Hall–Kier alpha value is -3.06. The molecule has 6 nitrogen and oxygen atoms in total. The molecule has 4 rings (SSSR count). The normalized spacial score (nSPS) is 14.0. The molecule has 7 heteroatoms. The van der Waals surface area contributed by atoms with Crippen molar-refractivity contribution in [1.82, 2.24) is 4.98 Å². The SMILES string of the molecule is CCCN(C(=O)Nc1ccc(OC)c(OC)c1)c1nc(-c2ccc(C3CCCCC3)cc2)cs1. The molecule has 34 heavy (non-hydrogen) atoms. The standard InChI is InChI=1S/C27H33N3O3S/c1-4-16-30(26(31)28-22-14-15-24(32-2)25(17-22)33-3)27-29-23(18-34-27)21-12-10-20(11-13-21)19-8-6-5-7-9-19/h10-15,17-19H,4-9,16H2,1-3H3,(H,28,31). The quantitative estimate of drug-likeness (QED) is 0.367. The van der Waals surface area contributed by atoms with Gasteiger partial charge in [0.05, 0.1) is 19.9 Å². The molecule has 2 aromatic carbocycles. The summed E-state index contributed by atoms with van der Waals surface area (Å²) in [5.41, 5.74) is 4.05. The number of thiazole rings is 1. The number of hydrogen-bond acceptors (Lipinski definition) is 5. The molecular formula is C27H33N3O3S. The van der Waals surface area contributed by atoms with Crippen molar-refractivity contribution in [2.45, 2.75) is 51.4 Å². The third-order valence-electron chi connectivity index (χ3n) is 6.33. The van der Waals surface area contributed by atoms with E-state index >= 15 is 0 Å². The van der Waals surface area contributed by atoms with E-state index in [1.807, 2.05) is 5.38 Å². The van der Waals surface area contributed by atoms with Crippen molar-refractivity contribution in [2.24, 2.45) is 0 Å². The van der Waals surface area contributed by atoms with E-state index in [9.17, 15) is 4.79 Å². The monoisotopic (exact) mass is 479 g/mol. The minimum absolute atomic E-state index is 0.220. The third kappa shape index (κ3) is 5.53. The first kappa shape index (κ1) is 24.1. The van der Waals surface area contributed by atoms with Crippen LogP contribution in [0.4, 0.5) is 15.6 Å². The van der Waals surface area contributed by atoms with Gasteiger partial charge in [-0.25, -0.2) is 9.78 Å². The number of nitrogens with zero attached hydrogens (tertiary/aromatic N) is 2. The number of urea groups is 1. The lowest BCUT2D eigenvalue weighted by Gasteiger charge is -2.22. The number of rotatable bonds is 8. The fourth-order valence-corrected chi connectivity index (χ4v) is 5.35. The fourth-order valence-electron chi connectivity index (χ4n) is 4.50. The highest BCUT2D eigenvalue weighted by atomic mass is 32.1. The second-order valence-electron chi connectivity index (χ2n) is 8.62. The van der Waals surface area contributed by atoms with E-state index in [2.05, 4.69) is 36.5 Å². The first-order valence-corrected chi connectivity index (χ1v) is 12.9. The van der Waals surface area contributed by atoms with Crippen LogP contribution in [0.3, 0.4) is 0 Å². The Labute approximate surface area is 205 Å². The molecule has 0 radical (unpaired) electrons. The summed E-state index contributed by atoms with van der Waals surface area (Å²) in [6, 6.07) is 13.9. The van der Waals surface area contributed by atoms with Gasteiger partial charge >= 0.3 is 6.03 Å². The van der Waals surface area contributed by atoms with Crippen LogP contribution in [0.2, 0.25) is 0 Å². The summed E-state index contributed by atoms with van der Waals surface area (Å²) < 4.78 is 10.6. The summed E-state index contributed by atoms with van der Waals surface area (Å²) in [6.45, 7) is 2.63. The molecule has 1 aromatic heterocycles. The van der Waals surface area contributed by atoms with Crippen LogP contribution >= 0.6 is 11.3 Å². The Kier molecular flexibility index (Phi) is 8.06. The van der Waals surface area contributed by atoms with E-state index < -0.39 is 0 Å². The van der Waals surface area contributed by atoms with Gasteiger partial charge in [-0.15, -0.1) is 11.3 Å². The maximum absolute atomic E-state index is 13.1. The molecule has 1 saturated carbocycles. The van der Waals surface area contributed by atoms with Gasteiger partial charge in [-0.05, 0) is 42.9 Å². The van der Waals surface area contributed by atoms with Crippen molar-refractivity contribution < 1.29 is 14.3 Å². The number of hydrogen-bond donors (Lipinski definition) is 1. The molecule has 3 aromatic rings. The molecule has 1 fully saturated rings. The molecule has 1 heterocycles. The molecule has 1 N–H and O–H groups in total. The van der Waals surface area contributed by atoms with Gasteiger partial charge in [0, 0.05) is 29.2 Å². The number of carbonyl (C=O) groups is 1. The van der Waals surface area contributed by atoms with Gasteiger partial charge in [0.15, 0.2) is 16.6 Å². The molecular weight excluding hydrogens is 446 g/mol. The number of methoxy groups -OCH3 is 2. The summed E-state index contributed by atoms with van der Waals surface area (Å²) in [5.74, 6) is 1.87. The van der Waals surface area contributed by atoms with E-state index in [-0.39, 0.29) is 6.03 Å². The van der Waals surface area contributed by atoms with Crippen molar-refractivity contribution in [3.8, 4) is 22.8 Å². The van der Waals surface area contributed by atoms with Crippen molar-refractivity contribution in [3.63, 3.8) is 0 Å². The predicted octanol–water partition coefficient (Wildman–Crippen LogP) is 7.32. The number of nitrogens with one attached hydrogen (secondary N) is 1. The summed E-state index contributed by atoms with van der Waals surface area (Å²) in [5, 5.41) is 5.67. The molecule has 2 amide bonds. The van der Waals surface area contributed by atoms with E-state index in [1.54, 1.807) is 37.3 Å². The third-order valence-corrected chi connectivity index (χ3v) is 7.20. The summed E-state index contributed by atoms with van der Waals surface area (Å²) in [4.78, 5) is 19.6. The Balaban J connectivity index is 1.48. The summed E-state index contributed by atoms with van der Waals surface area (Å²) in [6.07, 6.45) is 7.44. The first-order chi connectivity index (χ1) is 16.6. The number of aromatic nitrogens is 1. The lowest BCUT2D eigenvalue weighted by molar-refractivity contribution is 0.257. The van der Waals surface area contributed by atoms with Crippen molar-refractivity contribution >= 4 is 28.2 Å². The number of benzene rings is 2. The van der Waals surface area contributed by atoms with Crippen molar-refractivity contribution in [3.05, 3.63) is 53.4 Å². The maximum Gasteiger partial charge on any atom is 0.328 e. The molecule has 0 atom stereocenters. The Morgan fingerprint density at radius 3 is 2.47 bits per heavy atom. The average molecular weight is 480 g/mol. The zero-order chi connectivity index (χ0) is 23.9. The Morgan fingerprint density at radius 1 is 1.06 bits per heavy atom. The molecule has 1 aliphatic carbocycles. The van der Waals surface area contributed by atoms with E-state index in [0.29, 0.717) is 34.8 Å². The highest BCUT2D eigenvalue weighted by molar-refractivity contribution is 7.14. The van der Waals surface area contributed by atoms with Gasteiger partial charge in [0.25, 0.3) is 0 Å². The van der Waals surface area contributed by atoms with Crippen LogP contribution in [0.15, 0.2) is 47.8 Å². The lowest BCUT2D eigenvalue weighted by atomic mass is 9.84. The Bertz CT molecular complexity index is 1090. The van der Waals surface area contributed by atoms with Crippen LogP contribution < -0.4 is 19.7 Å². The van der Waals surface area contributed by atoms with E-state index in [0.717, 1.165) is 17.7 Å². The predicted molar refractivity (Wildman–Crippen MR) is 140 cm³/mol. The number of carbonyl (C=O) groups excluding carboxylic acids is 1. The molecule has 0 saturated heterocycles. The molecule has 0 bridgehead atoms. The van der Waals surface area contributed by atoms with Crippen molar-refractivity contribution in [2.75, 3.05) is 31.0 Å². The first-order valence-electron chi connectivity index (χ1n) is 12.0. The smallest absolute Gasteiger partial charge is 0.328 e. The minimum atomic E-state index is -0.220. The van der Waals surface area contributed by atoms with Crippen molar-refractivity contribution in [1.29, 1.82) is 0 Å². The van der Waals surface area contributed by atoms with Gasteiger partial charge in [0.1, 0.15) is 0 Å². The topological polar surface area (TPSA) is 63.7 Å². The second kappa shape index (κ2) is 11.4. The summed E-state index contributed by atoms with van der Waals surface area (Å²) in [7, 11) is 3.16. The van der Waals surface area contributed by atoms with Gasteiger partial charge in [-0.1, -0.05) is 50.5 Å². The maximum atomic E-state index is 13.1. The van der Waals surface area contributed by atoms with Gasteiger partial charge < -0.3 is 14.8 Å². The van der Waals surface area contributed by atoms with Crippen LogP contribution in [0.1, 0.15) is 56.9 Å². The molecule has 180 valence electrons. The number of ether oxygens (including phenoxy) is 2. The second-order valence-corrected chi connectivity index (χ2v) is 9.46. The van der Waals surface area contributed by atoms with Crippen LogP contribution in [0, 0.1) is 0 Å². The van der Waals surface area contributed by atoms with E-state index in [4.69, 9.17) is 14.5 Å². The molecule has 1 aliphatic rings. The average Bonchev–Trinajstić information content (AvgIpc) is 3.37. The minimum Gasteiger partial charge on any atom is -0.493 e. The van der Waals surface area contributed by atoms with E-state index in [1.165, 1.54) is 49.0 Å². The van der Waals surface area contributed by atoms with Gasteiger partial charge in [-0.2, -0.15) is 0 Å². The Morgan fingerprint density at radius 2 is 1.79 bits per heavy atom. The van der Waals surface area contributed by atoms with Crippen LogP contribution in [0.5, 0.6) is 11.5 Å². The number of amides is 2. The zero-order valence-electron chi connectivity index (χ0n) is 20.2. The molecule has 0 spiro atoms. The van der Waals surface area contributed by atoms with Crippen LogP contribution in [0.25, 0.3) is 11.3 Å².